The van der Waals surface area contributed by atoms with Gasteiger partial charge in [0.2, 0.25) is 0 Å². The van der Waals surface area contributed by atoms with Crippen LogP contribution in [0, 0.1) is 34.0 Å². The number of aliphatic hydroxyl groups excluding tert-OH is 1. The third-order valence-corrected chi connectivity index (χ3v) is 8.27. The number of fused-ring (bicyclic) bond motifs is 3. The van der Waals surface area contributed by atoms with Gasteiger partial charge in [-0.15, -0.1) is 0 Å². The monoisotopic (exact) mass is 288 g/mol. The topological polar surface area (TPSA) is 20.2 Å². The summed E-state index contributed by atoms with van der Waals surface area (Å²) in [5, 5.41) is 9.71. The quantitative estimate of drug-likeness (QED) is 0.677. The van der Waals surface area contributed by atoms with Gasteiger partial charge in [-0.25, -0.2) is 0 Å². The Labute approximate surface area is 130 Å². The molecule has 0 heterocycles. The van der Waals surface area contributed by atoms with Crippen molar-refractivity contribution in [3.8, 4) is 0 Å². The van der Waals surface area contributed by atoms with Crippen LogP contribution in [-0.2, 0) is 0 Å². The van der Waals surface area contributed by atoms with Crippen molar-refractivity contribution in [1.29, 1.82) is 0 Å². The molecule has 0 aromatic carbocycles. The Morgan fingerprint density at radius 3 is 2.62 bits per heavy atom. The lowest BCUT2D eigenvalue weighted by molar-refractivity contribution is -0.133. The van der Waals surface area contributed by atoms with Gasteiger partial charge in [0.05, 0.1) is 6.61 Å². The van der Waals surface area contributed by atoms with Crippen LogP contribution >= 0.6 is 0 Å². The van der Waals surface area contributed by atoms with Gasteiger partial charge >= 0.3 is 0 Å². The number of rotatable bonds is 1. The summed E-state index contributed by atoms with van der Waals surface area (Å²) in [4.78, 5) is 0. The summed E-state index contributed by atoms with van der Waals surface area (Å²) < 4.78 is 0. The van der Waals surface area contributed by atoms with Gasteiger partial charge in [0, 0.05) is 0 Å². The summed E-state index contributed by atoms with van der Waals surface area (Å²) in [6.45, 7) is 8.00. The summed E-state index contributed by atoms with van der Waals surface area (Å²) >= 11 is 0. The molecule has 3 saturated carbocycles. The normalized spacial score (nSPS) is 51.0. The zero-order valence-electron chi connectivity index (χ0n) is 14.1. The Balaban J connectivity index is 1.74. The molecule has 1 spiro atoms. The highest BCUT2D eigenvalue weighted by Gasteiger charge is 2.61. The number of hydrogen-bond acceptors (Lipinski definition) is 1. The first-order valence-electron chi connectivity index (χ1n) is 9.24. The maximum absolute atomic E-state index is 9.71. The van der Waals surface area contributed by atoms with Crippen LogP contribution in [-0.4, -0.2) is 11.7 Å². The van der Waals surface area contributed by atoms with E-state index in [0.717, 1.165) is 11.8 Å². The lowest BCUT2D eigenvalue weighted by atomic mass is 9.41. The first kappa shape index (κ1) is 14.3. The van der Waals surface area contributed by atoms with E-state index in [4.69, 9.17) is 0 Å². The molecule has 0 aliphatic heterocycles. The fraction of sp³-hybridized carbons (Fsp3) is 0.900. The standard InChI is InChI=1S/C20H32O/c1-18(2)8-4-9-19(3)16(18)7-10-20-11-14(5-6-17(19)20)15(12-20)13-21/h12,14,16-17,21H,4-11,13H2,1-3H3/t14-,16-,17+,19-,20-/m0/s1. The molecule has 4 aliphatic carbocycles. The number of hydrogen-bond donors (Lipinski definition) is 1. The van der Waals surface area contributed by atoms with Crippen molar-refractivity contribution >= 4 is 0 Å². The molecular weight excluding hydrogens is 256 g/mol. The third-order valence-electron chi connectivity index (χ3n) is 8.27. The van der Waals surface area contributed by atoms with Crippen molar-refractivity contribution in [1.82, 2.24) is 0 Å². The molecule has 0 amide bonds. The summed E-state index contributed by atoms with van der Waals surface area (Å²) in [7, 11) is 0. The summed E-state index contributed by atoms with van der Waals surface area (Å²) in [6.07, 6.45) is 13.8. The molecule has 2 bridgehead atoms. The van der Waals surface area contributed by atoms with Crippen molar-refractivity contribution in [2.45, 2.75) is 72.1 Å². The van der Waals surface area contributed by atoms with Gasteiger partial charge in [0.25, 0.3) is 0 Å². The van der Waals surface area contributed by atoms with Crippen LogP contribution in [0.2, 0.25) is 0 Å². The van der Waals surface area contributed by atoms with Crippen LogP contribution in [0.15, 0.2) is 11.6 Å². The van der Waals surface area contributed by atoms with Crippen molar-refractivity contribution < 1.29 is 5.11 Å². The molecule has 0 aromatic heterocycles. The zero-order chi connectivity index (χ0) is 14.9. The molecular formula is C20H32O. The molecule has 1 N–H and O–H groups in total. The van der Waals surface area contributed by atoms with E-state index < -0.39 is 0 Å². The fourth-order valence-electron chi connectivity index (χ4n) is 7.55. The highest BCUT2D eigenvalue weighted by molar-refractivity contribution is 5.28. The minimum Gasteiger partial charge on any atom is -0.392 e. The Kier molecular flexibility index (Phi) is 2.98. The van der Waals surface area contributed by atoms with Crippen LogP contribution in [0.25, 0.3) is 0 Å². The molecule has 1 nitrogen and oxygen atoms in total. The van der Waals surface area contributed by atoms with Gasteiger partial charge in [-0.05, 0) is 84.5 Å². The summed E-state index contributed by atoms with van der Waals surface area (Å²) in [6, 6.07) is 0. The molecule has 4 aliphatic rings. The van der Waals surface area contributed by atoms with E-state index in [1.54, 1.807) is 0 Å². The molecule has 118 valence electrons. The maximum Gasteiger partial charge on any atom is 0.0644 e. The minimum atomic E-state index is 0.310. The van der Waals surface area contributed by atoms with Gasteiger partial charge in [0.1, 0.15) is 0 Å². The smallest absolute Gasteiger partial charge is 0.0644 e. The number of aliphatic hydroxyl groups is 1. The predicted molar refractivity (Wildman–Crippen MR) is 86.9 cm³/mol. The average molecular weight is 288 g/mol. The van der Waals surface area contributed by atoms with Crippen LogP contribution in [0.4, 0.5) is 0 Å². The third kappa shape index (κ3) is 1.79. The van der Waals surface area contributed by atoms with Crippen LogP contribution < -0.4 is 0 Å². The van der Waals surface area contributed by atoms with E-state index in [1.807, 2.05) is 0 Å². The molecule has 0 aromatic rings. The van der Waals surface area contributed by atoms with E-state index in [2.05, 4.69) is 26.8 Å². The first-order chi connectivity index (χ1) is 9.91. The predicted octanol–water partition coefficient (Wildman–Crippen LogP) is 4.95. The van der Waals surface area contributed by atoms with Crippen LogP contribution in [0.3, 0.4) is 0 Å². The molecule has 1 heteroatoms. The van der Waals surface area contributed by atoms with E-state index in [0.29, 0.717) is 28.8 Å². The van der Waals surface area contributed by atoms with Crippen LogP contribution in [0.5, 0.6) is 0 Å². The highest BCUT2D eigenvalue weighted by atomic mass is 16.3. The average Bonchev–Trinajstić information content (AvgIpc) is 2.68. The van der Waals surface area contributed by atoms with E-state index >= 15 is 0 Å². The molecule has 0 radical (unpaired) electrons. The fourth-order valence-corrected chi connectivity index (χ4v) is 7.55. The molecule has 3 fully saturated rings. The van der Waals surface area contributed by atoms with Crippen molar-refractivity contribution in [3.63, 3.8) is 0 Å². The summed E-state index contributed by atoms with van der Waals surface area (Å²) in [5.74, 6) is 2.50. The number of allylic oxidation sites excluding steroid dienone is 1. The Morgan fingerprint density at radius 2 is 1.86 bits per heavy atom. The highest BCUT2D eigenvalue weighted by Crippen LogP contribution is 2.70. The van der Waals surface area contributed by atoms with E-state index in [1.165, 1.54) is 56.9 Å². The molecule has 0 unspecified atom stereocenters. The Bertz CT molecular complexity index is 476. The summed E-state index contributed by atoms with van der Waals surface area (Å²) in [5.41, 5.74) is 2.93. The SMILES string of the molecule is CC1(C)CCC[C@@]2(C)[C@H]1CC[C@]13C=C(CO)[C@@H](CC[C@@H]12)C3. The van der Waals surface area contributed by atoms with Gasteiger partial charge in [-0.2, -0.15) is 0 Å². The van der Waals surface area contributed by atoms with E-state index in [-0.39, 0.29) is 0 Å². The minimum absolute atomic E-state index is 0.310. The second kappa shape index (κ2) is 4.37. The molecule has 0 saturated heterocycles. The zero-order valence-corrected chi connectivity index (χ0v) is 14.1. The molecule has 21 heavy (non-hydrogen) atoms. The Hall–Kier alpha value is -0.300. The van der Waals surface area contributed by atoms with Gasteiger partial charge in [0.15, 0.2) is 0 Å². The van der Waals surface area contributed by atoms with Gasteiger partial charge in [-0.3, -0.25) is 0 Å². The largest absolute Gasteiger partial charge is 0.392 e. The first-order valence-corrected chi connectivity index (χ1v) is 9.24. The molecule has 5 atom stereocenters. The second-order valence-corrected chi connectivity index (χ2v) is 9.58. The van der Waals surface area contributed by atoms with Gasteiger partial charge < -0.3 is 5.11 Å². The second-order valence-electron chi connectivity index (χ2n) is 9.58. The lowest BCUT2D eigenvalue weighted by Crippen LogP contribution is -2.55. The Morgan fingerprint density at radius 1 is 1.05 bits per heavy atom. The van der Waals surface area contributed by atoms with Crippen LogP contribution in [0.1, 0.15) is 72.1 Å². The van der Waals surface area contributed by atoms with Gasteiger partial charge in [-0.1, -0.05) is 33.3 Å². The van der Waals surface area contributed by atoms with E-state index in [9.17, 15) is 5.11 Å². The molecule has 4 rings (SSSR count). The van der Waals surface area contributed by atoms with Crippen molar-refractivity contribution in [2.75, 3.05) is 6.61 Å². The van der Waals surface area contributed by atoms with Crippen molar-refractivity contribution in [3.05, 3.63) is 11.6 Å². The maximum atomic E-state index is 9.71. The lowest BCUT2D eigenvalue weighted by Gasteiger charge is -2.63. The van der Waals surface area contributed by atoms with Crippen molar-refractivity contribution in [2.24, 2.45) is 34.0 Å².